The summed E-state index contributed by atoms with van der Waals surface area (Å²) < 4.78 is 0. The maximum atomic E-state index is 11.9. The average molecular weight is 257 g/mol. The molecule has 0 spiro atoms. The summed E-state index contributed by atoms with van der Waals surface area (Å²) in [5, 5.41) is 11.3. The molecule has 1 heterocycles. The van der Waals surface area contributed by atoms with Crippen LogP contribution in [0.5, 0.6) is 0 Å². The number of hydrogen-bond acceptors (Lipinski definition) is 4. The van der Waals surface area contributed by atoms with Crippen molar-refractivity contribution in [2.75, 3.05) is 26.2 Å². The number of hydrogen-bond donors (Lipinski definition) is 2. The van der Waals surface area contributed by atoms with Crippen molar-refractivity contribution in [2.24, 2.45) is 0 Å². The van der Waals surface area contributed by atoms with Crippen molar-refractivity contribution in [3.05, 3.63) is 0 Å². The van der Waals surface area contributed by atoms with Crippen LogP contribution in [0, 0.1) is 0 Å². The van der Waals surface area contributed by atoms with Crippen LogP contribution in [0.1, 0.15) is 20.8 Å². The lowest BCUT2D eigenvalue weighted by Crippen LogP contribution is -2.42. The second-order valence-corrected chi connectivity index (χ2v) is 4.77. The predicted molar refractivity (Wildman–Crippen MR) is 64.1 cm³/mol. The van der Waals surface area contributed by atoms with E-state index in [0.29, 0.717) is 13.1 Å². The van der Waals surface area contributed by atoms with Gasteiger partial charge in [-0.3, -0.25) is 19.4 Å². The Hall–Kier alpha value is -1.63. The van der Waals surface area contributed by atoms with Crippen molar-refractivity contribution < 1.29 is 19.5 Å². The fourth-order valence-corrected chi connectivity index (χ4v) is 1.80. The van der Waals surface area contributed by atoms with E-state index in [9.17, 15) is 14.4 Å². The highest BCUT2D eigenvalue weighted by Gasteiger charge is 2.43. The summed E-state index contributed by atoms with van der Waals surface area (Å²) in [6, 6.07) is -0.420. The van der Waals surface area contributed by atoms with E-state index in [0.717, 1.165) is 4.90 Å². The molecule has 2 N–H and O–H groups in total. The molecule has 1 saturated heterocycles. The summed E-state index contributed by atoms with van der Waals surface area (Å²) in [6.45, 7) is 6.14. The quantitative estimate of drug-likeness (QED) is 0.639. The first-order valence-electron chi connectivity index (χ1n) is 5.86. The molecule has 0 aromatic heterocycles. The lowest BCUT2D eigenvalue weighted by molar-refractivity contribution is -0.138. The minimum Gasteiger partial charge on any atom is -0.480 e. The molecule has 3 amide bonds. The van der Waals surface area contributed by atoms with Crippen LogP contribution in [0.4, 0.5) is 4.79 Å². The van der Waals surface area contributed by atoms with Crippen LogP contribution in [0.25, 0.3) is 0 Å². The maximum absolute atomic E-state index is 11.9. The molecule has 1 aliphatic heterocycles. The van der Waals surface area contributed by atoms with E-state index in [1.54, 1.807) is 18.7 Å². The summed E-state index contributed by atoms with van der Waals surface area (Å²) in [6.07, 6.45) is 0. The van der Waals surface area contributed by atoms with Gasteiger partial charge in [0.25, 0.3) is 5.91 Å². The van der Waals surface area contributed by atoms with Gasteiger partial charge in [-0.05, 0) is 20.4 Å². The SMILES string of the molecule is CCN(CCN1C(=O)NC(C)(C)C1=O)CC(=O)O. The van der Waals surface area contributed by atoms with E-state index >= 15 is 0 Å². The molecule has 0 atom stereocenters. The largest absolute Gasteiger partial charge is 0.480 e. The van der Waals surface area contributed by atoms with Crippen LogP contribution < -0.4 is 5.32 Å². The molecular formula is C11H19N3O4. The second-order valence-electron chi connectivity index (χ2n) is 4.77. The van der Waals surface area contributed by atoms with Gasteiger partial charge >= 0.3 is 12.0 Å². The number of carbonyl (C=O) groups is 3. The van der Waals surface area contributed by atoms with Gasteiger partial charge < -0.3 is 10.4 Å². The Balaban J connectivity index is 2.55. The molecule has 1 fully saturated rings. The predicted octanol–water partition coefficient (Wildman–Crippen LogP) is -0.277. The van der Waals surface area contributed by atoms with E-state index in [4.69, 9.17) is 5.11 Å². The van der Waals surface area contributed by atoms with Crippen LogP contribution in [0.2, 0.25) is 0 Å². The number of rotatable bonds is 6. The lowest BCUT2D eigenvalue weighted by Gasteiger charge is -2.21. The Morgan fingerprint density at radius 1 is 1.44 bits per heavy atom. The third-order valence-corrected chi connectivity index (χ3v) is 2.89. The van der Waals surface area contributed by atoms with Crippen molar-refractivity contribution >= 4 is 17.9 Å². The van der Waals surface area contributed by atoms with E-state index in [2.05, 4.69) is 5.32 Å². The lowest BCUT2D eigenvalue weighted by atomic mass is 10.1. The van der Waals surface area contributed by atoms with Gasteiger partial charge in [-0.1, -0.05) is 6.92 Å². The molecule has 0 saturated carbocycles. The molecule has 7 heteroatoms. The molecule has 0 bridgehead atoms. The molecule has 7 nitrogen and oxygen atoms in total. The number of nitrogens with one attached hydrogen (secondary N) is 1. The van der Waals surface area contributed by atoms with E-state index in [-0.39, 0.29) is 19.0 Å². The van der Waals surface area contributed by atoms with Crippen LogP contribution in [-0.2, 0) is 9.59 Å². The highest BCUT2D eigenvalue weighted by atomic mass is 16.4. The minimum absolute atomic E-state index is 0.0937. The Kier molecular flexibility index (Phi) is 4.28. The maximum Gasteiger partial charge on any atom is 0.325 e. The molecule has 0 aromatic carbocycles. The van der Waals surface area contributed by atoms with E-state index in [1.807, 2.05) is 6.92 Å². The van der Waals surface area contributed by atoms with E-state index in [1.165, 1.54) is 0 Å². The summed E-state index contributed by atoms with van der Waals surface area (Å²) in [5.41, 5.74) is -0.874. The summed E-state index contributed by atoms with van der Waals surface area (Å²) in [5.74, 6) is -1.20. The number of aliphatic carboxylic acids is 1. The minimum atomic E-state index is -0.922. The van der Waals surface area contributed by atoms with Crippen molar-refractivity contribution in [3.8, 4) is 0 Å². The number of carboxylic acids is 1. The third-order valence-electron chi connectivity index (χ3n) is 2.89. The average Bonchev–Trinajstić information content (AvgIpc) is 2.44. The van der Waals surface area contributed by atoms with Crippen LogP contribution in [0.3, 0.4) is 0 Å². The summed E-state index contributed by atoms with van der Waals surface area (Å²) in [7, 11) is 0. The number of amides is 3. The Labute approximate surface area is 106 Å². The highest BCUT2D eigenvalue weighted by Crippen LogP contribution is 2.16. The molecule has 0 radical (unpaired) electrons. The standard InChI is InChI=1S/C11H19N3O4/c1-4-13(7-8(15)16)5-6-14-9(17)11(2,3)12-10(14)18/h4-7H2,1-3H3,(H,12,18)(H,15,16). The fourth-order valence-electron chi connectivity index (χ4n) is 1.80. The number of imide groups is 1. The Morgan fingerprint density at radius 2 is 2.06 bits per heavy atom. The van der Waals surface area contributed by atoms with Gasteiger partial charge in [0.15, 0.2) is 0 Å². The van der Waals surface area contributed by atoms with Crippen molar-refractivity contribution in [3.63, 3.8) is 0 Å². The Morgan fingerprint density at radius 3 is 2.44 bits per heavy atom. The molecule has 0 aromatic rings. The highest BCUT2D eigenvalue weighted by molar-refractivity contribution is 6.06. The molecule has 102 valence electrons. The molecule has 1 rings (SSSR count). The van der Waals surface area contributed by atoms with Gasteiger partial charge in [-0.15, -0.1) is 0 Å². The topological polar surface area (TPSA) is 90.0 Å². The number of carbonyl (C=O) groups excluding carboxylic acids is 2. The van der Waals surface area contributed by atoms with Gasteiger partial charge in [0, 0.05) is 13.1 Å². The zero-order valence-electron chi connectivity index (χ0n) is 10.9. The monoisotopic (exact) mass is 257 g/mol. The number of urea groups is 1. The zero-order valence-corrected chi connectivity index (χ0v) is 10.9. The van der Waals surface area contributed by atoms with Gasteiger partial charge in [0.05, 0.1) is 6.54 Å². The van der Waals surface area contributed by atoms with Gasteiger partial charge in [0.1, 0.15) is 5.54 Å². The second kappa shape index (κ2) is 5.34. The smallest absolute Gasteiger partial charge is 0.325 e. The van der Waals surface area contributed by atoms with Gasteiger partial charge in [0.2, 0.25) is 0 Å². The molecule has 18 heavy (non-hydrogen) atoms. The zero-order chi connectivity index (χ0) is 13.9. The van der Waals surface area contributed by atoms with Crippen molar-refractivity contribution in [2.45, 2.75) is 26.3 Å². The number of likely N-dealkylation sites (N-methyl/N-ethyl adjacent to an activating group) is 1. The molecule has 0 aliphatic carbocycles. The normalized spacial score (nSPS) is 18.3. The first-order valence-corrected chi connectivity index (χ1v) is 5.86. The first kappa shape index (κ1) is 14.4. The van der Waals surface area contributed by atoms with Gasteiger partial charge in [-0.25, -0.2) is 4.79 Å². The van der Waals surface area contributed by atoms with Crippen LogP contribution in [-0.4, -0.2) is 64.5 Å². The Bertz CT molecular complexity index is 367. The molecule has 0 unspecified atom stereocenters. The molecular weight excluding hydrogens is 238 g/mol. The van der Waals surface area contributed by atoms with Crippen molar-refractivity contribution in [1.29, 1.82) is 0 Å². The first-order chi connectivity index (χ1) is 8.27. The fraction of sp³-hybridized carbons (Fsp3) is 0.727. The van der Waals surface area contributed by atoms with E-state index < -0.39 is 17.5 Å². The van der Waals surface area contributed by atoms with Gasteiger partial charge in [-0.2, -0.15) is 0 Å². The van der Waals surface area contributed by atoms with Crippen molar-refractivity contribution in [1.82, 2.24) is 15.1 Å². The van der Waals surface area contributed by atoms with Crippen LogP contribution in [0.15, 0.2) is 0 Å². The summed E-state index contributed by atoms with van der Waals surface area (Å²) >= 11 is 0. The number of carboxylic acid groups (broad SMARTS) is 1. The molecule has 1 aliphatic rings. The number of nitrogens with zero attached hydrogens (tertiary/aromatic N) is 2. The third kappa shape index (κ3) is 3.19. The summed E-state index contributed by atoms with van der Waals surface area (Å²) in [4.78, 5) is 36.8. The van der Waals surface area contributed by atoms with Crippen LogP contribution >= 0.6 is 0 Å².